The molecule has 0 aromatic carbocycles. The Morgan fingerprint density at radius 1 is 0.773 bits per heavy atom. The molecule has 3 heteroatoms. The normalized spacial score (nSPS) is 15.3. The number of unbranched alkanes of at least 4 members (excludes halogenated alkanes) is 12. The molecular formula is C19H32O3. The second-order valence-corrected chi connectivity index (χ2v) is 6.32. The topological polar surface area (TPSA) is 43.4 Å². The molecule has 1 saturated heterocycles. The van der Waals surface area contributed by atoms with Crippen LogP contribution >= 0.6 is 0 Å². The van der Waals surface area contributed by atoms with Gasteiger partial charge in [-0.15, -0.1) is 0 Å². The van der Waals surface area contributed by atoms with E-state index in [-0.39, 0.29) is 0 Å². The molecule has 0 aromatic heterocycles. The van der Waals surface area contributed by atoms with Crippen molar-refractivity contribution in [1.82, 2.24) is 0 Å². The van der Waals surface area contributed by atoms with Gasteiger partial charge in [-0.05, 0) is 12.8 Å². The summed E-state index contributed by atoms with van der Waals surface area (Å²) in [5, 5.41) is 0. The number of allylic oxidation sites excluding steroid dienone is 1. The van der Waals surface area contributed by atoms with Crippen molar-refractivity contribution in [3.05, 3.63) is 12.2 Å². The van der Waals surface area contributed by atoms with Crippen LogP contribution in [0.3, 0.4) is 0 Å². The lowest BCUT2D eigenvalue weighted by Crippen LogP contribution is -2.39. The first kappa shape index (κ1) is 18.9. The summed E-state index contributed by atoms with van der Waals surface area (Å²) in [5.41, 5.74) is 0. The van der Waals surface area contributed by atoms with E-state index in [0.717, 1.165) is 12.8 Å². The molecular weight excluding hydrogens is 276 g/mol. The van der Waals surface area contributed by atoms with Crippen molar-refractivity contribution in [3.8, 4) is 0 Å². The summed E-state index contributed by atoms with van der Waals surface area (Å²) in [6, 6.07) is 0. The maximum absolute atomic E-state index is 10.9. The molecule has 22 heavy (non-hydrogen) atoms. The smallest absolute Gasteiger partial charge is 0.331 e. The molecule has 0 unspecified atom stereocenters. The SMILES string of the molecule is CCCCCCCCCCCCCC/C=C/C1C(=O)OC1=O. The molecule has 0 saturated carbocycles. The number of carbonyl (C=O) groups excluding carboxylic acids is 2. The number of cyclic esters (lactones) is 2. The molecule has 0 spiro atoms. The fraction of sp³-hybridized carbons (Fsp3) is 0.789. The molecule has 0 N–H and O–H groups in total. The highest BCUT2D eigenvalue weighted by atomic mass is 16.6. The molecule has 126 valence electrons. The van der Waals surface area contributed by atoms with Gasteiger partial charge in [0.1, 0.15) is 0 Å². The third kappa shape index (κ3) is 8.35. The molecule has 1 aliphatic rings. The highest BCUT2D eigenvalue weighted by Crippen LogP contribution is 2.17. The Bertz CT molecular complexity index is 333. The molecule has 3 nitrogen and oxygen atoms in total. The Hall–Kier alpha value is -1.12. The van der Waals surface area contributed by atoms with Crippen molar-refractivity contribution < 1.29 is 14.3 Å². The van der Waals surface area contributed by atoms with Crippen LogP contribution in [-0.4, -0.2) is 11.9 Å². The van der Waals surface area contributed by atoms with Gasteiger partial charge < -0.3 is 4.74 Å². The van der Waals surface area contributed by atoms with Gasteiger partial charge in [0.25, 0.3) is 0 Å². The Labute approximate surface area is 135 Å². The van der Waals surface area contributed by atoms with Crippen LogP contribution in [0.2, 0.25) is 0 Å². The van der Waals surface area contributed by atoms with Crippen LogP contribution in [0.5, 0.6) is 0 Å². The summed E-state index contributed by atoms with van der Waals surface area (Å²) in [6.45, 7) is 2.26. The number of hydrogen-bond acceptors (Lipinski definition) is 3. The molecule has 0 radical (unpaired) electrons. The summed E-state index contributed by atoms with van der Waals surface area (Å²) in [5.74, 6) is -1.43. The van der Waals surface area contributed by atoms with Crippen molar-refractivity contribution in [2.45, 2.75) is 90.4 Å². The zero-order valence-electron chi connectivity index (χ0n) is 14.1. The van der Waals surface area contributed by atoms with Crippen LogP contribution in [0.25, 0.3) is 0 Å². The number of ether oxygens (including phenoxy) is 1. The molecule has 1 heterocycles. The zero-order valence-corrected chi connectivity index (χ0v) is 14.1. The third-order valence-electron chi connectivity index (χ3n) is 4.26. The Morgan fingerprint density at radius 3 is 1.68 bits per heavy atom. The molecule has 1 fully saturated rings. The van der Waals surface area contributed by atoms with Gasteiger partial charge in [-0.2, -0.15) is 0 Å². The molecule has 1 aliphatic heterocycles. The first-order valence-electron chi connectivity index (χ1n) is 9.18. The minimum atomic E-state index is -0.614. The van der Waals surface area contributed by atoms with Crippen LogP contribution in [0, 0.1) is 5.92 Å². The van der Waals surface area contributed by atoms with Gasteiger partial charge in [0, 0.05) is 0 Å². The van der Waals surface area contributed by atoms with Crippen molar-refractivity contribution in [2.24, 2.45) is 5.92 Å². The van der Waals surface area contributed by atoms with Gasteiger partial charge in [0.05, 0.1) is 0 Å². The maximum atomic E-state index is 10.9. The highest BCUT2D eigenvalue weighted by Gasteiger charge is 2.39. The number of esters is 2. The van der Waals surface area contributed by atoms with E-state index in [9.17, 15) is 9.59 Å². The van der Waals surface area contributed by atoms with E-state index < -0.39 is 17.9 Å². The Kier molecular flexibility index (Phi) is 10.7. The molecule has 1 rings (SSSR count). The van der Waals surface area contributed by atoms with E-state index in [1.54, 1.807) is 6.08 Å². The molecule has 0 atom stereocenters. The number of hydrogen-bond donors (Lipinski definition) is 0. The maximum Gasteiger partial charge on any atom is 0.331 e. The predicted molar refractivity (Wildman–Crippen MR) is 89.4 cm³/mol. The standard InChI is InChI=1S/C19H32O3/c1-2-3-4-5-6-7-8-9-10-11-12-13-14-15-16-17-18(20)22-19(17)21/h15-17H,2-14H2,1H3/b16-15+. The van der Waals surface area contributed by atoms with Gasteiger partial charge in [0.2, 0.25) is 0 Å². The molecule has 0 aromatic rings. The number of carbonyl (C=O) groups is 2. The zero-order chi connectivity index (χ0) is 16.0. The van der Waals surface area contributed by atoms with Gasteiger partial charge in [-0.1, -0.05) is 89.7 Å². The summed E-state index contributed by atoms with van der Waals surface area (Å²) in [6.07, 6.45) is 20.7. The van der Waals surface area contributed by atoms with Gasteiger partial charge in [-0.3, -0.25) is 9.59 Å². The Morgan fingerprint density at radius 2 is 1.23 bits per heavy atom. The van der Waals surface area contributed by atoms with Gasteiger partial charge in [0.15, 0.2) is 5.92 Å². The monoisotopic (exact) mass is 308 g/mol. The van der Waals surface area contributed by atoms with Crippen molar-refractivity contribution in [1.29, 1.82) is 0 Å². The first-order valence-corrected chi connectivity index (χ1v) is 9.18. The minimum absolute atomic E-state index is 0.407. The van der Waals surface area contributed by atoms with E-state index in [4.69, 9.17) is 0 Å². The minimum Gasteiger partial charge on any atom is -0.391 e. The van der Waals surface area contributed by atoms with Crippen molar-refractivity contribution in [2.75, 3.05) is 0 Å². The fourth-order valence-electron chi connectivity index (χ4n) is 2.76. The van der Waals surface area contributed by atoms with Crippen molar-refractivity contribution in [3.63, 3.8) is 0 Å². The van der Waals surface area contributed by atoms with Crippen molar-refractivity contribution >= 4 is 11.9 Å². The lowest BCUT2D eigenvalue weighted by molar-refractivity contribution is -0.180. The Balaban J connectivity index is 1.77. The third-order valence-corrected chi connectivity index (χ3v) is 4.26. The van der Waals surface area contributed by atoms with E-state index in [0.29, 0.717) is 0 Å². The fourth-order valence-corrected chi connectivity index (χ4v) is 2.76. The second-order valence-electron chi connectivity index (χ2n) is 6.32. The second kappa shape index (κ2) is 12.4. The molecule has 0 amide bonds. The largest absolute Gasteiger partial charge is 0.391 e. The van der Waals surface area contributed by atoms with Crippen LogP contribution < -0.4 is 0 Å². The molecule has 0 aliphatic carbocycles. The average molecular weight is 308 g/mol. The predicted octanol–water partition coefficient (Wildman–Crippen LogP) is 5.33. The van der Waals surface area contributed by atoms with Crippen LogP contribution in [0.15, 0.2) is 12.2 Å². The highest BCUT2D eigenvalue weighted by molar-refractivity contribution is 6.11. The summed E-state index contributed by atoms with van der Waals surface area (Å²) < 4.78 is 4.29. The quantitative estimate of drug-likeness (QED) is 0.188. The van der Waals surface area contributed by atoms with Gasteiger partial charge in [-0.25, -0.2) is 0 Å². The molecule has 0 bridgehead atoms. The van der Waals surface area contributed by atoms with E-state index in [2.05, 4.69) is 11.7 Å². The van der Waals surface area contributed by atoms with E-state index >= 15 is 0 Å². The van der Waals surface area contributed by atoms with E-state index in [1.807, 2.05) is 6.08 Å². The van der Waals surface area contributed by atoms with Crippen LogP contribution in [-0.2, 0) is 14.3 Å². The average Bonchev–Trinajstić information content (AvgIpc) is 2.51. The van der Waals surface area contributed by atoms with Crippen LogP contribution in [0.1, 0.15) is 90.4 Å². The first-order chi connectivity index (χ1) is 10.8. The number of rotatable bonds is 14. The van der Waals surface area contributed by atoms with E-state index in [1.165, 1.54) is 70.6 Å². The summed E-state index contributed by atoms with van der Waals surface area (Å²) in [4.78, 5) is 21.8. The summed E-state index contributed by atoms with van der Waals surface area (Å²) in [7, 11) is 0. The van der Waals surface area contributed by atoms with Crippen LogP contribution in [0.4, 0.5) is 0 Å². The summed E-state index contributed by atoms with van der Waals surface area (Å²) >= 11 is 0. The lowest BCUT2D eigenvalue weighted by atomic mass is 10.0. The lowest BCUT2D eigenvalue weighted by Gasteiger charge is -2.17. The van der Waals surface area contributed by atoms with Gasteiger partial charge >= 0.3 is 11.9 Å².